The molecule has 0 aliphatic carbocycles. The summed E-state index contributed by atoms with van der Waals surface area (Å²) in [6.07, 6.45) is 2.58. The predicted molar refractivity (Wildman–Crippen MR) is 147 cm³/mol. The molecule has 1 amide bonds. The number of pyridine rings is 1. The van der Waals surface area contributed by atoms with Gasteiger partial charge in [-0.05, 0) is 60.1 Å². The van der Waals surface area contributed by atoms with Gasteiger partial charge >= 0.3 is 5.97 Å². The topological polar surface area (TPSA) is 77.5 Å². The first-order chi connectivity index (χ1) is 17.7. The van der Waals surface area contributed by atoms with Gasteiger partial charge in [-0.3, -0.25) is 14.6 Å². The Kier molecular flexibility index (Phi) is 9.84. The van der Waals surface area contributed by atoms with Crippen molar-refractivity contribution < 1.29 is 19.1 Å². The first kappa shape index (κ1) is 27.9. The number of hydrogen-bond acceptors (Lipinski definition) is 5. The van der Waals surface area contributed by atoms with Crippen LogP contribution in [0.3, 0.4) is 0 Å². The van der Waals surface area contributed by atoms with E-state index in [9.17, 15) is 9.59 Å². The Morgan fingerprint density at radius 3 is 2.16 bits per heavy atom. The number of ether oxygens (including phenoxy) is 2. The van der Waals surface area contributed by atoms with Crippen LogP contribution in [0.2, 0.25) is 0 Å². The first-order valence-corrected chi connectivity index (χ1v) is 12.9. The summed E-state index contributed by atoms with van der Waals surface area (Å²) in [5, 5.41) is 2.74. The largest absolute Gasteiger partial charge is 0.484 e. The maximum Gasteiger partial charge on any atom is 0.307 e. The highest BCUT2D eigenvalue weighted by molar-refractivity contribution is 5.94. The van der Waals surface area contributed by atoms with Gasteiger partial charge < -0.3 is 14.8 Å². The number of benzene rings is 2. The van der Waals surface area contributed by atoms with Gasteiger partial charge in [-0.25, -0.2) is 0 Å². The van der Waals surface area contributed by atoms with E-state index in [-0.39, 0.29) is 30.9 Å². The normalized spacial score (nSPS) is 11.9. The molecule has 1 aromatic heterocycles. The van der Waals surface area contributed by atoms with Gasteiger partial charge in [-0.2, -0.15) is 0 Å². The monoisotopic (exact) mass is 502 g/mol. The van der Waals surface area contributed by atoms with Crippen LogP contribution in [-0.2, 0) is 9.53 Å². The highest BCUT2D eigenvalue weighted by Gasteiger charge is 2.18. The Bertz CT molecular complexity index is 1180. The van der Waals surface area contributed by atoms with E-state index in [0.717, 1.165) is 34.6 Å². The number of aromatic nitrogens is 1. The van der Waals surface area contributed by atoms with Crippen molar-refractivity contribution >= 4 is 11.9 Å². The molecule has 0 spiro atoms. The number of aryl methyl sites for hydroxylation is 1. The summed E-state index contributed by atoms with van der Waals surface area (Å²) in [5.41, 5.74) is 5.92. The third-order valence-corrected chi connectivity index (χ3v) is 6.25. The Labute approximate surface area is 220 Å². The molecule has 1 unspecified atom stereocenters. The lowest BCUT2D eigenvalue weighted by atomic mass is 9.98. The van der Waals surface area contributed by atoms with Crippen molar-refractivity contribution in [1.82, 2.24) is 10.3 Å². The maximum atomic E-state index is 12.4. The van der Waals surface area contributed by atoms with Crippen molar-refractivity contribution in [2.45, 2.75) is 59.5 Å². The Morgan fingerprint density at radius 1 is 0.946 bits per heavy atom. The smallest absolute Gasteiger partial charge is 0.307 e. The summed E-state index contributed by atoms with van der Waals surface area (Å²) in [6, 6.07) is 18.0. The molecule has 0 saturated heterocycles. The fourth-order valence-electron chi connectivity index (χ4n) is 4.12. The molecule has 6 nitrogen and oxygen atoms in total. The predicted octanol–water partition coefficient (Wildman–Crippen LogP) is 6.64. The van der Waals surface area contributed by atoms with Crippen LogP contribution in [0.1, 0.15) is 79.6 Å². The van der Waals surface area contributed by atoms with Gasteiger partial charge in [0.2, 0.25) is 0 Å². The van der Waals surface area contributed by atoms with Gasteiger partial charge in [-0.15, -0.1) is 0 Å². The molecule has 0 fully saturated rings. The molecular formula is C31H38N2O4. The fourth-order valence-corrected chi connectivity index (χ4v) is 4.12. The molecular weight excluding hydrogens is 464 g/mol. The van der Waals surface area contributed by atoms with Gasteiger partial charge in [0, 0.05) is 17.7 Å². The van der Waals surface area contributed by atoms with Crippen molar-refractivity contribution in [2.24, 2.45) is 5.92 Å². The summed E-state index contributed by atoms with van der Waals surface area (Å²) in [4.78, 5) is 28.4. The lowest BCUT2D eigenvalue weighted by Crippen LogP contribution is -2.26. The molecule has 1 atom stereocenters. The molecule has 37 heavy (non-hydrogen) atoms. The number of hydrogen-bond donors (Lipinski definition) is 1. The standard InChI is InChI=1S/C31H38N2O4/c1-20(2)17-28(24-9-13-26(14-10-24)31(35)32-16-15-29(34)36-6)37-27-18-22(5)30(33-19-27)25-11-7-23(8-12-25)21(3)4/h7-14,18-21,28H,15-17H2,1-6H3,(H,32,35). The molecule has 0 bridgehead atoms. The lowest BCUT2D eigenvalue weighted by Gasteiger charge is -2.22. The lowest BCUT2D eigenvalue weighted by molar-refractivity contribution is -0.140. The maximum absolute atomic E-state index is 12.4. The Balaban J connectivity index is 1.72. The zero-order valence-corrected chi connectivity index (χ0v) is 22.7. The summed E-state index contributed by atoms with van der Waals surface area (Å²) >= 11 is 0. The number of carbonyl (C=O) groups is 2. The summed E-state index contributed by atoms with van der Waals surface area (Å²) in [7, 11) is 1.33. The SMILES string of the molecule is COC(=O)CCNC(=O)c1ccc(C(CC(C)C)Oc2cnc(-c3ccc(C(C)C)cc3)c(C)c2)cc1. The van der Waals surface area contributed by atoms with E-state index < -0.39 is 0 Å². The molecule has 0 saturated carbocycles. The number of carbonyl (C=O) groups excluding carboxylic acids is 2. The van der Waals surface area contributed by atoms with Gasteiger partial charge in [0.1, 0.15) is 11.9 Å². The molecule has 3 rings (SSSR count). The number of methoxy groups -OCH3 is 1. The molecule has 0 aliphatic heterocycles. The van der Waals surface area contributed by atoms with E-state index in [4.69, 9.17) is 9.72 Å². The van der Waals surface area contributed by atoms with Crippen molar-refractivity contribution in [3.63, 3.8) is 0 Å². The van der Waals surface area contributed by atoms with E-state index in [2.05, 4.69) is 68.9 Å². The van der Waals surface area contributed by atoms with E-state index in [1.54, 1.807) is 18.3 Å². The van der Waals surface area contributed by atoms with Crippen LogP contribution in [0.5, 0.6) is 5.75 Å². The number of nitrogens with one attached hydrogen (secondary N) is 1. The van der Waals surface area contributed by atoms with Crippen LogP contribution in [0.15, 0.2) is 60.8 Å². The summed E-state index contributed by atoms with van der Waals surface area (Å²) in [6.45, 7) is 11.0. The quantitative estimate of drug-likeness (QED) is 0.297. The number of nitrogens with zero attached hydrogens (tertiary/aromatic N) is 1. The molecule has 1 heterocycles. The van der Waals surface area contributed by atoms with Crippen molar-refractivity contribution in [2.75, 3.05) is 13.7 Å². The van der Waals surface area contributed by atoms with Crippen LogP contribution in [0, 0.1) is 12.8 Å². The van der Waals surface area contributed by atoms with Crippen molar-refractivity contribution in [3.8, 4) is 17.0 Å². The van der Waals surface area contributed by atoms with E-state index in [1.165, 1.54) is 12.7 Å². The summed E-state index contributed by atoms with van der Waals surface area (Å²) in [5.74, 6) is 1.04. The fraction of sp³-hybridized carbons (Fsp3) is 0.387. The van der Waals surface area contributed by atoms with E-state index >= 15 is 0 Å². The van der Waals surface area contributed by atoms with Crippen molar-refractivity contribution in [3.05, 3.63) is 83.0 Å². The van der Waals surface area contributed by atoms with Gasteiger partial charge in [-0.1, -0.05) is 64.1 Å². The Morgan fingerprint density at radius 2 is 1.59 bits per heavy atom. The molecule has 1 N–H and O–H groups in total. The second kappa shape index (κ2) is 13.0. The second-order valence-corrected chi connectivity index (χ2v) is 10.1. The number of rotatable bonds is 11. The highest BCUT2D eigenvalue weighted by Crippen LogP contribution is 2.31. The molecule has 6 heteroatoms. The molecule has 0 radical (unpaired) electrons. The minimum Gasteiger partial charge on any atom is -0.484 e. The van der Waals surface area contributed by atoms with E-state index in [0.29, 0.717) is 17.4 Å². The van der Waals surface area contributed by atoms with Crippen LogP contribution in [-0.4, -0.2) is 30.5 Å². The van der Waals surface area contributed by atoms with Crippen LogP contribution < -0.4 is 10.1 Å². The third kappa shape index (κ3) is 7.91. The molecule has 0 aliphatic rings. The van der Waals surface area contributed by atoms with Crippen molar-refractivity contribution in [1.29, 1.82) is 0 Å². The molecule has 2 aromatic carbocycles. The molecule has 196 valence electrons. The zero-order valence-electron chi connectivity index (χ0n) is 22.7. The highest BCUT2D eigenvalue weighted by atomic mass is 16.5. The minimum atomic E-state index is -0.355. The van der Waals surface area contributed by atoms with Crippen LogP contribution >= 0.6 is 0 Å². The average molecular weight is 503 g/mol. The number of amides is 1. The third-order valence-electron chi connectivity index (χ3n) is 6.25. The van der Waals surface area contributed by atoms with E-state index in [1.807, 2.05) is 18.2 Å². The average Bonchev–Trinajstić information content (AvgIpc) is 2.88. The Hall–Kier alpha value is -3.67. The molecule has 3 aromatic rings. The first-order valence-electron chi connectivity index (χ1n) is 12.9. The van der Waals surface area contributed by atoms with Gasteiger partial charge in [0.25, 0.3) is 5.91 Å². The zero-order chi connectivity index (χ0) is 26.9. The minimum absolute atomic E-state index is 0.139. The van der Waals surface area contributed by atoms with Gasteiger partial charge in [0.05, 0.1) is 25.4 Å². The number of esters is 1. The van der Waals surface area contributed by atoms with Gasteiger partial charge in [0.15, 0.2) is 0 Å². The second-order valence-electron chi connectivity index (χ2n) is 10.1. The van der Waals surface area contributed by atoms with Crippen LogP contribution in [0.4, 0.5) is 0 Å². The summed E-state index contributed by atoms with van der Waals surface area (Å²) < 4.78 is 11.0. The van der Waals surface area contributed by atoms with Crippen LogP contribution in [0.25, 0.3) is 11.3 Å².